The fourth-order valence-corrected chi connectivity index (χ4v) is 3.92. The van der Waals surface area contributed by atoms with Gasteiger partial charge in [0.05, 0.1) is 17.5 Å². The van der Waals surface area contributed by atoms with Crippen molar-refractivity contribution in [2.24, 2.45) is 0 Å². The van der Waals surface area contributed by atoms with E-state index in [-0.39, 0.29) is 29.0 Å². The summed E-state index contributed by atoms with van der Waals surface area (Å²) in [5, 5.41) is 17.7. The van der Waals surface area contributed by atoms with E-state index in [9.17, 15) is 14.3 Å². The van der Waals surface area contributed by atoms with Crippen LogP contribution < -0.4 is 5.32 Å². The number of amides is 1. The van der Waals surface area contributed by atoms with Crippen LogP contribution in [0.2, 0.25) is 0 Å². The van der Waals surface area contributed by atoms with Gasteiger partial charge in [0, 0.05) is 0 Å². The molecule has 1 amide bonds. The number of hydrogen-bond donors (Lipinski definition) is 2. The summed E-state index contributed by atoms with van der Waals surface area (Å²) in [5.74, 6) is -0.810. The summed E-state index contributed by atoms with van der Waals surface area (Å²) in [6.07, 6.45) is 4.61. The highest BCUT2D eigenvalue weighted by molar-refractivity contribution is 6.08. The quantitative estimate of drug-likeness (QED) is 0.522. The fraction of sp³-hybridized carbons (Fsp3) is 0.238. The summed E-state index contributed by atoms with van der Waals surface area (Å²) in [7, 11) is 0. The van der Waals surface area contributed by atoms with Crippen LogP contribution >= 0.6 is 0 Å². The third-order valence-corrected chi connectivity index (χ3v) is 5.54. The van der Waals surface area contributed by atoms with Gasteiger partial charge in [-0.1, -0.05) is 25.5 Å². The average molecular weight is 419 g/mol. The Bertz CT molecular complexity index is 1340. The smallest absolute Gasteiger partial charge is 0.240 e. The van der Waals surface area contributed by atoms with Crippen molar-refractivity contribution in [2.45, 2.75) is 32.1 Å². The van der Waals surface area contributed by atoms with Crippen molar-refractivity contribution in [3.8, 4) is 17.4 Å². The number of rotatable bonds is 4. The Morgan fingerprint density at radius 1 is 1.19 bits per heavy atom. The molecule has 1 aliphatic heterocycles. The van der Waals surface area contributed by atoms with Crippen LogP contribution in [0, 0.1) is 5.82 Å². The van der Waals surface area contributed by atoms with Gasteiger partial charge in [-0.2, -0.15) is 10.1 Å². The van der Waals surface area contributed by atoms with E-state index in [4.69, 9.17) is 0 Å². The maximum absolute atomic E-state index is 13.4. The molecule has 0 spiro atoms. The van der Waals surface area contributed by atoms with Crippen molar-refractivity contribution >= 4 is 17.4 Å². The SMILES string of the molecule is CCCc1nc(-c2nc(O)c3c(n2)NC(=O)C3(C)c2ccc(F)cc2)cn2ncnc12. The number of aromatic hydroxyl groups is 1. The van der Waals surface area contributed by atoms with Crippen LogP contribution in [0.4, 0.5) is 10.2 Å². The minimum atomic E-state index is -1.26. The van der Waals surface area contributed by atoms with Crippen LogP contribution in [0.15, 0.2) is 36.8 Å². The molecule has 0 fully saturated rings. The lowest BCUT2D eigenvalue weighted by Gasteiger charge is -2.22. The zero-order valence-corrected chi connectivity index (χ0v) is 16.8. The number of anilines is 1. The minimum absolute atomic E-state index is 0.148. The van der Waals surface area contributed by atoms with Crippen molar-refractivity contribution in [2.75, 3.05) is 5.32 Å². The first kappa shape index (κ1) is 19.0. The molecule has 2 N–H and O–H groups in total. The highest BCUT2D eigenvalue weighted by atomic mass is 19.1. The van der Waals surface area contributed by atoms with Crippen molar-refractivity contribution in [1.82, 2.24) is 29.5 Å². The van der Waals surface area contributed by atoms with Gasteiger partial charge >= 0.3 is 0 Å². The zero-order chi connectivity index (χ0) is 21.8. The summed E-state index contributed by atoms with van der Waals surface area (Å²) in [6, 6.07) is 5.55. The number of halogens is 1. The lowest BCUT2D eigenvalue weighted by molar-refractivity contribution is -0.119. The molecular formula is C21H18FN7O2. The van der Waals surface area contributed by atoms with Gasteiger partial charge < -0.3 is 10.4 Å². The minimum Gasteiger partial charge on any atom is -0.493 e. The Balaban J connectivity index is 1.66. The molecule has 1 aromatic carbocycles. The van der Waals surface area contributed by atoms with E-state index in [0.717, 1.165) is 12.1 Å². The van der Waals surface area contributed by atoms with E-state index in [1.54, 1.807) is 17.6 Å². The van der Waals surface area contributed by atoms with Gasteiger partial charge in [-0.3, -0.25) is 4.79 Å². The summed E-state index contributed by atoms with van der Waals surface area (Å²) in [5.41, 5.74) is 1.27. The largest absolute Gasteiger partial charge is 0.493 e. The zero-order valence-electron chi connectivity index (χ0n) is 16.8. The Kier molecular flexibility index (Phi) is 4.17. The number of aryl methyl sites for hydroxylation is 1. The normalized spacial score (nSPS) is 17.7. The molecule has 31 heavy (non-hydrogen) atoms. The van der Waals surface area contributed by atoms with Crippen LogP contribution in [0.5, 0.6) is 5.88 Å². The predicted octanol–water partition coefficient (Wildman–Crippen LogP) is 2.64. The summed E-state index contributed by atoms with van der Waals surface area (Å²) < 4.78 is 15.0. The van der Waals surface area contributed by atoms with Crippen molar-refractivity contribution in [3.63, 3.8) is 0 Å². The van der Waals surface area contributed by atoms with Gasteiger partial charge in [0.1, 0.15) is 29.1 Å². The van der Waals surface area contributed by atoms with E-state index in [2.05, 4.69) is 30.4 Å². The number of nitrogens with one attached hydrogen (secondary N) is 1. The molecule has 156 valence electrons. The Hall–Kier alpha value is -3.95. The van der Waals surface area contributed by atoms with Crippen molar-refractivity contribution in [1.29, 1.82) is 0 Å². The Morgan fingerprint density at radius 3 is 2.71 bits per heavy atom. The molecule has 3 aromatic heterocycles. The molecule has 4 aromatic rings. The predicted molar refractivity (Wildman–Crippen MR) is 109 cm³/mol. The number of hydrogen-bond acceptors (Lipinski definition) is 7. The van der Waals surface area contributed by atoms with Crippen molar-refractivity contribution in [3.05, 3.63) is 59.4 Å². The van der Waals surface area contributed by atoms with Gasteiger partial charge in [0.25, 0.3) is 0 Å². The second kappa shape index (κ2) is 6.79. The van der Waals surface area contributed by atoms with Crippen LogP contribution in [-0.2, 0) is 16.6 Å². The number of carbonyl (C=O) groups excluding carboxylic acids is 1. The maximum atomic E-state index is 13.4. The van der Waals surface area contributed by atoms with Gasteiger partial charge in [-0.05, 0) is 31.0 Å². The molecular weight excluding hydrogens is 401 g/mol. The second-order valence-corrected chi connectivity index (χ2v) is 7.53. The summed E-state index contributed by atoms with van der Waals surface area (Å²) >= 11 is 0. The summed E-state index contributed by atoms with van der Waals surface area (Å²) in [6.45, 7) is 3.67. The molecule has 0 aliphatic carbocycles. The number of aromatic nitrogens is 6. The van der Waals surface area contributed by atoms with E-state index < -0.39 is 11.2 Å². The number of benzene rings is 1. The van der Waals surface area contributed by atoms with Crippen molar-refractivity contribution < 1.29 is 14.3 Å². The molecule has 0 saturated carbocycles. The standard InChI is InChI=1S/C21H18FN7O2/c1-3-4-13-18-23-10-24-29(18)9-14(25-13)16-26-17-15(19(30)27-16)21(2,20(31)28-17)11-5-7-12(22)8-6-11/h5-10H,3-4H2,1-2H3,(H2,26,27,28,30,31). The molecule has 10 heteroatoms. The van der Waals surface area contributed by atoms with Crippen LogP contribution in [0.1, 0.15) is 37.1 Å². The molecule has 0 saturated heterocycles. The van der Waals surface area contributed by atoms with Gasteiger partial charge in [-0.25, -0.2) is 23.9 Å². The third-order valence-electron chi connectivity index (χ3n) is 5.54. The fourth-order valence-electron chi connectivity index (χ4n) is 3.92. The van der Waals surface area contributed by atoms with Crippen LogP contribution in [0.3, 0.4) is 0 Å². The first-order valence-electron chi connectivity index (χ1n) is 9.80. The molecule has 1 atom stereocenters. The molecule has 5 rings (SSSR count). The number of carbonyl (C=O) groups is 1. The molecule has 0 radical (unpaired) electrons. The molecule has 1 aliphatic rings. The Morgan fingerprint density at radius 2 is 1.97 bits per heavy atom. The van der Waals surface area contributed by atoms with Crippen LogP contribution in [-0.4, -0.2) is 40.6 Å². The van der Waals surface area contributed by atoms with Gasteiger partial charge in [0.2, 0.25) is 11.8 Å². The maximum Gasteiger partial charge on any atom is 0.240 e. The molecule has 4 heterocycles. The molecule has 0 bridgehead atoms. The topological polar surface area (TPSA) is 118 Å². The first-order chi connectivity index (χ1) is 14.9. The number of fused-ring (bicyclic) bond motifs is 2. The monoisotopic (exact) mass is 419 g/mol. The molecule has 9 nitrogen and oxygen atoms in total. The summed E-state index contributed by atoms with van der Waals surface area (Å²) in [4.78, 5) is 30.4. The van der Waals surface area contributed by atoms with E-state index in [1.807, 2.05) is 6.92 Å². The van der Waals surface area contributed by atoms with E-state index in [1.165, 1.54) is 30.6 Å². The highest BCUT2D eigenvalue weighted by Crippen LogP contribution is 2.46. The first-order valence-corrected chi connectivity index (χ1v) is 9.80. The van der Waals surface area contributed by atoms with E-state index in [0.29, 0.717) is 23.3 Å². The van der Waals surface area contributed by atoms with Gasteiger partial charge in [0.15, 0.2) is 11.5 Å². The van der Waals surface area contributed by atoms with E-state index >= 15 is 0 Å². The highest BCUT2D eigenvalue weighted by Gasteiger charge is 2.48. The number of nitrogens with zero attached hydrogens (tertiary/aromatic N) is 6. The lowest BCUT2D eigenvalue weighted by atomic mass is 9.78. The lowest BCUT2D eigenvalue weighted by Crippen LogP contribution is -2.32. The Labute approximate surface area is 176 Å². The van der Waals surface area contributed by atoms with Crippen LogP contribution in [0.25, 0.3) is 17.2 Å². The second-order valence-electron chi connectivity index (χ2n) is 7.53. The third kappa shape index (κ3) is 2.82. The molecule has 1 unspecified atom stereocenters. The average Bonchev–Trinajstić information content (AvgIpc) is 3.32. The van der Waals surface area contributed by atoms with Gasteiger partial charge in [-0.15, -0.1) is 0 Å².